The predicted molar refractivity (Wildman–Crippen MR) is 155 cm³/mol. The Balaban J connectivity index is 1.87. The number of carbonyl (C=O) groups excluding carboxylic acids is 1. The number of amidine groups is 1. The number of nitrogens with zero attached hydrogens (tertiary/aromatic N) is 1. The van der Waals surface area contributed by atoms with Crippen molar-refractivity contribution >= 4 is 33.1 Å². The monoisotopic (exact) mass is 535 g/mol. The van der Waals surface area contributed by atoms with E-state index in [4.69, 9.17) is 11.1 Å². The van der Waals surface area contributed by atoms with Gasteiger partial charge in [-0.05, 0) is 70.5 Å². The van der Waals surface area contributed by atoms with E-state index in [0.29, 0.717) is 23.4 Å². The zero-order valence-electron chi connectivity index (χ0n) is 22.8. The maximum absolute atomic E-state index is 13.1. The number of amides is 1. The highest BCUT2D eigenvalue weighted by Crippen LogP contribution is 2.30. The molecule has 0 bridgehead atoms. The van der Waals surface area contributed by atoms with Crippen molar-refractivity contribution in [2.24, 2.45) is 5.73 Å². The van der Waals surface area contributed by atoms with Crippen molar-refractivity contribution < 1.29 is 13.2 Å². The van der Waals surface area contributed by atoms with Crippen LogP contribution in [0.2, 0.25) is 0 Å². The van der Waals surface area contributed by atoms with Gasteiger partial charge in [-0.3, -0.25) is 10.2 Å². The van der Waals surface area contributed by atoms with Gasteiger partial charge in [-0.2, -0.15) is 0 Å². The molecule has 38 heavy (non-hydrogen) atoms. The maximum Gasteiger partial charge on any atom is 0.241 e. The molecule has 0 aromatic heterocycles. The molecule has 9 heteroatoms. The van der Waals surface area contributed by atoms with E-state index in [9.17, 15) is 13.2 Å². The molecule has 0 spiro atoms. The standard InChI is InChI=1S/C29H37N5O3S/c1-20(35)34(19-29(5,6)32-23-11-9-10-22(18-23)27(30)31)24-16-14-21(15-17-24)25-12-7-8-13-26(25)38(36,37)33-28(2,3)4/h7-18,32-33H,19H2,1-6H3,(H3,30,31). The first-order chi connectivity index (χ1) is 17.6. The molecule has 3 aromatic carbocycles. The van der Waals surface area contributed by atoms with Crippen LogP contribution >= 0.6 is 0 Å². The summed E-state index contributed by atoms with van der Waals surface area (Å²) in [6, 6.07) is 21.5. The topological polar surface area (TPSA) is 128 Å². The number of sulfonamides is 1. The van der Waals surface area contributed by atoms with Crippen LogP contribution in [0.25, 0.3) is 11.1 Å². The summed E-state index contributed by atoms with van der Waals surface area (Å²) in [6.45, 7) is 11.3. The van der Waals surface area contributed by atoms with E-state index >= 15 is 0 Å². The van der Waals surface area contributed by atoms with Gasteiger partial charge in [0.1, 0.15) is 5.84 Å². The van der Waals surface area contributed by atoms with Crippen LogP contribution in [0.4, 0.5) is 11.4 Å². The molecule has 1 amide bonds. The SMILES string of the molecule is CC(=O)N(CC(C)(C)Nc1cccc(C(=N)N)c1)c1ccc(-c2ccccc2S(=O)(=O)NC(C)(C)C)cc1. The Bertz CT molecular complexity index is 1430. The van der Waals surface area contributed by atoms with Gasteiger partial charge in [0, 0.05) is 47.0 Å². The zero-order chi connectivity index (χ0) is 28.3. The second kappa shape index (κ2) is 11.0. The van der Waals surface area contributed by atoms with Crippen LogP contribution in [-0.2, 0) is 14.8 Å². The van der Waals surface area contributed by atoms with Crippen molar-refractivity contribution in [2.45, 2.75) is 57.5 Å². The molecule has 0 fully saturated rings. The molecule has 8 nitrogen and oxygen atoms in total. The van der Waals surface area contributed by atoms with E-state index < -0.39 is 21.1 Å². The molecule has 3 aromatic rings. The maximum atomic E-state index is 13.1. The van der Waals surface area contributed by atoms with Crippen LogP contribution in [0, 0.1) is 5.41 Å². The highest BCUT2D eigenvalue weighted by molar-refractivity contribution is 7.89. The normalized spacial score (nSPS) is 12.2. The van der Waals surface area contributed by atoms with Gasteiger partial charge in [-0.1, -0.05) is 42.5 Å². The Hall–Kier alpha value is -3.69. The molecule has 0 aliphatic heterocycles. The molecule has 0 unspecified atom stereocenters. The molecule has 0 aliphatic carbocycles. The minimum absolute atomic E-state index is 0.0135. The highest BCUT2D eigenvalue weighted by atomic mass is 32.2. The number of hydrogen-bond acceptors (Lipinski definition) is 5. The van der Waals surface area contributed by atoms with Crippen LogP contribution in [0.1, 0.15) is 47.1 Å². The summed E-state index contributed by atoms with van der Waals surface area (Å²) in [5.74, 6) is -0.136. The van der Waals surface area contributed by atoms with Gasteiger partial charge in [-0.15, -0.1) is 0 Å². The molecule has 0 saturated carbocycles. The molecule has 0 atom stereocenters. The second-order valence-corrected chi connectivity index (χ2v) is 12.7. The minimum Gasteiger partial charge on any atom is -0.384 e. The fourth-order valence-electron chi connectivity index (χ4n) is 4.19. The lowest BCUT2D eigenvalue weighted by Crippen LogP contribution is -2.46. The molecule has 0 radical (unpaired) electrons. The van der Waals surface area contributed by atoms with Crippen LogP contribution in [0.15, 0.2) is 77.7 Å². The average molecular weight is 536 g/mol. The first-order valence-corrected chi connectivity index (χ1v) is 13.8. The van der Waals surface area contributed by atoms with Gasteiger partial charge in [0.2, 0.25) is 15.9 Å². The van der Waals surface area contributed by atoms with E-state index in [0.717, 1.165) is 11.3 Å². The third kappa shape index (κ3) is 7.43. The summed E-state index contributed by atoms with van der Waals surface area (Å²) in [6.07, 6.45) is 0. The average Bonchev–Trinajstić information content (AvgIpc) is 2.81. The fraction of sp³-hybridized carbons (Fsp3) is 0.310. The number of hydrogen-bond donors (Lipinski definition) is 4. The molecule has 5 N–H and O–H groups in total. The van der Waals surface area contributed by atoms with Gasteiger partial charge in [0.25, 0.3) is 0 Å². The van der Waals surface area contributed by atoms with Gasteiger partial charge in [0.15, 0.2) is 0 Å². The Labute approximate surface area is 225 Å². The lowest BCUT2D eigenvalue weighted by atomic mass is 10.0. The molecule has 3 rings (SSSR count). The lowest BCUT2D eigenvalue weighted by Gasteiger charge is -2.34. The van der Waals surface area contributed by atoms with Gasteiger partial charge < -0.3 is 16.0 Å². The van der Waals surface area contributed by atoms with Crippen LogP contribution in [0.5, 0.6) is 0 Å². The van der Waals surface area contributed by atoms with Crippen molar-refractivity contribution in [3.05, 3.63) is 78.4 Å². The minimum atomic E-state index is -3.74. The molecular weight excluding hydrogens is 498 g/mol. The number of carbonyl (C=O) groups is 1. The first kappa shape index (κ1) is 28.9. The second-order valence-electron chi connectivity index (χ2n) is 11.0. The number of anilines is 2. The number of nitrogens with two attached hydrogens (primary N) is 1. The van der Waals surface area contributed by atoms with Crippen molar-refractivity contribution in [3.63, 3.8) is 0 Å². The summed E-state index contributed by atoms with van der Waals surface area (Å²) in [7, 11) is -3.74. The molecule has 202 valence electrons. The predicted octanol–water partition coefficient (Wildman–Crippen LogP) is 4.96. The van der Waals surface area contributed by atoms with E-state index in [-0.39, 0.29) is 16.6 Å². The quantitative estimate of drug-likeness (QED) is 0.227. The summed E-state index contributed by atoms with van der Waals surface area (Å²) >= 11 is 0. The van der Waals surface area contributed by atoms with E-state index in [2.05, 4.69) is 10.0 Å². The Morgan fingerprint density at radius 3 is 2.16 bits per heavy atom. The highest BCUT2D eigenvalue weighted by Gasteiger charge is 2.26. The van der Waals surface area contributed by atoms with Crippen molar-refractivity contribution in [1.82, 2.24) is 4.72 Å². The van der Waals surface area contributed by atoms with Crippen molar-refractivity contribution in [2.75, 3.05) is 16.8 Å². The summed E-state index contributed by atoms with van der Waals surface area (Å²) in [5, 5.41) is 11.1. The van der Waals surface area contributed by atoms with Gasteiger partial charge >= 0.3 is 0 Å². The van der Waals surface area contributed by atoms with Gasteiger partial charge in [-0.25, -0.2) is 13.1 Å². The molecule has 0 heterocycles. The van der Waals surface area contributed by atoms with Crippen molar-refractivity contribution in [1.29, 1.82) is 5.41 Å². The number of nitrogens with one attached hydrogen (secondary N) is 3. The van der Waals surface area contributed by atoms with Crippen LogP contribution < -0.4 is 20.7 Å². The number of nitrogen functional groups attached to an aromatic ring is 1. The van der Waals surface area contributed by atoms with Crippen molar-refractivity contribution in [3.8, 4) is 11.1 Å². The smallest absolute Gasteiger partial charge is 0.241 e. The van der Waals surface area contributed by atoms with Crippen LogP contribution in [-0.4, -0.2) is 37.8 Å². The summed E-state index contributed by atoms with van der Waals surface area (Å²) in [5.41, 5.74) is 7.90. The summed E-state index contributed by atoms with van der Waals surface area (Å²) < 4.78 is 28.9. The summed E-state index contributed by atoms with van der Waals surface area (Å²) in [4.78, 5) is 14.5. The fourth-order valence-corrected chi connectivity index (χ4v) is 5.84. The van der Waals surface area contributed by atoms with E-state index in [1.54, 1.807) is 62.1 Å². The zero-order valence-corrected chi connectivity index (χ0v) is 23.6. The number of rotatable bonds is 9. The van der Waals surface area contributed by atoms with Crippen LogP contribution in [0.3, 0.4) is 0 Å². The van der Waals surface area contributed by atoms with Gasteiger partial charge in [0.05, 0.1) is 4.90 Å². The Kier molecular flexibility index (Phi) is 8.33. The third-order valence-electron chi connectivity index (χ3n) is 5.70. The van der Waals surface area contributed by atoms with E-state index in [1.165, 1.54) is 6.92 Å². The lowest BCUT2D eigenvalue weighted by molar-refractivity contribution is -0.116. The molecule has 0 saturated heterocycles. The molecule has 0 aliphatic rings. The number of benzene rings is 3. The van der Waals surface area contributed by atoms with E-state index in [1.807, 2.05) is 50.2 Å². The Morgan fingerprint density at radius 2 is 1.58 bits per heavy atom. The molecular formula is C29H37N5O3S. The Morgan fingerprint density at radius 1 is 0.947 bits per heavy atom. The third-order valence-corrected chi connectivity index (χ3v) is 7.51. The first-order valence-electron chi connectivity index (χ1n) is 12.3. The largest absolute Gasteiger partial charge is 0.384 e.